The SMILES string of the molecule is CCC(C)C(NC(=O)OCc1ccccc1)C(N)=O. The molecule has 1 aromatic carbocycles. The molecule has 5 heteroatoms. The average molecular weight is 264 g/mol. The Hall–Kier alpha value is -2.04. The molecule has 0 aliphatic carbocycles. The summed E-state index contributed by atoms with van der Waals surface area (Å²) in [4.78, 5) is 22.9. The van der Waals surface area contributed by atoms with Crippen molar-refractivity contribution in [1.82, 2.24) is 5.32 Å². The molecule has 19 heavy (non-hydrogen) atoms. The van der Waals surface area contributed by atoms with Crippen LogP contribution < -0.4 is 11.1 Å². The van der Waals surface area contributed by atoms with E-state index in [2.05, 4.69) is 5.32 Å². The van der Waals surface area contributed by atoms with Gasteiger partial charge in [-0.2, -0.15) is 0 Å². The minimum absolute atomic E-state index is 0.0261. The van der Waals surface area contributed by atoms with Crippen molar-refractivity contribution >= 4 is 12.0 Å². The summed E-state index contributed by atoms with van der Waals surface area (Å²) < 4.78 is 5.05. The first-order valence-electron chi connectivity index (χ1n) is 6.31. The zero-order valence-electron chi connectivity index (χ0n) is 11.3. The van der Waals surface area contributed by atoms with Crippen molar-refractivity contribution in [2.75, 3.05) is 0 Å². The third kappa shape index (κ3) is 4.99. The Bertz CT molecular complexity index is 420. The molecule has 2 amide bonds. The molecule has 3 N–H and O–H groups in total. The number of alkyl carbamates (subject to hydrolysis) is 1. The van der Waals surface area contributed by atoms with Crippen molar-refractivity contribution in [3.05, 3.63) is 35.9 Å². The number of hydrogen-bond acceptors (Lipinski definition) is 3. The van der Waals surface area contributed by atoms with Crippen molar-refractivity contribution in [2.45, 2.75) is 32.9 Å². The molecule has 0 bridgehead atoms. The standard InChI is InChI=1S/C14H20N2O3/c1-3-10(2)12(13(15)17)16-14(18)19-9-11-7-5-4-6-8-11/h4-8,10,12H,3,9H2,1-2H3,(H2,15,17)(H,16,18). The van der Waals surface area contributed by atoms with E-state index in [1.807, 2.05) is 44.2 Å². The van der Waals surface area contributed by atoms with Gasteiger partial charge in [-0.3, -0.25) is 4.79 Å². The third-order valence-electron chi connectivity index (χ3n) is 3.01. The van der Waals surface area contributed by atoms with Crippen molar-refractivity contribution in [3.63, 3.8) is 0 Å². The number of amides is 2. The zero-order chi connectivity index (χ0) is 14.3. The highest BCUT2D eigenvalue weighted by Gasteiger charge is 2.24. The normalized spacial score (nSPS) is 13.4. The largest absolute Gasteiger partial charge is 0.445 e. The first kappa shape index (κ1) is 15.0. The van der Waals surface area contributed by atoms with E-state index < -0.39 is 18.0 Å². The molecule has 0 spiro atoms. The van der Waals surface area contributed by atoms with Gasteiger partial charge in [0.05, 0.1) is 0 Å². The number of benzene rings is 1. The van der Waals surface area contributed by atoms with Crippen molar-refractivity contribution in [2.24, 2.45) is 11.7 Å². The Kier molecular flexibility index (Phi) is 5.85. The van der Waals surface area contributed by atoms with E-state index in [0.29, 0.717) is 0 Å². The minimum atomic E-state index is -0.701. The van der Waals surface area contributed by atoms with E-state index in [-0.39, 0.29) is 12.5 Å². The first-order valence-corrected chi connectivity index (χ1v) is 6.31. The average Bonchev–Trinajstić information content (AvgIpc) is 2.42. The second kappa shape index (κ2) is 7.41. The van der Waals surface area contributed by atoms with E-state index in [1.165, 1.54) is 0 Å². The van der Waals surface area contributed by atoms with Crippen LogP contribution in [-0.4, -0.2) is 18.0 Å². The maximum absolute atomic E-state index is 11.6. The highest BCUT2D eigenvalue weighted by Crippen LogP contribution is 2.08. The van der Waals surface area contributed by atoms with Crippen molar-refractivity contribution < 1.29 is 14.3 Å². The molecule has 0 heterocycles. The Morgan fingerprint density at radius 1 is 1.32 bits per heavy atom. The van der Waals surface area contributed by atoms with Gasteiger partial charge >= 0.3 is 6.09 Å². The van der Waals surface area contributed by atoms with Crippen LogP contribution in [0.25, 0.3) is 0 Å². The first-order chi connectivity index (χ1) is 9.04. The molecule has 0 saturated carbocycles. The second-order valence-electron chi connectivity index (χ2n) is 4.47. The van der Waals surface area contributed by atoms with Crippen LogP contribution in [0.1, 0.15) is 25.8 Å². The molecule has 2 atom stereocenters. The molecule has 0 aliphatic heterocycles. The van der Waals surface area contributed by atoms with Gasteiger partial charge in [0.15, 0.2) is 0 Å². The molecule has 0 aromatic heterocycles. The molecular weight excluding hydrogens is 244 g/mol. The molecule has 1 rings (SSSR count). The number of ether oxygens (including phenoxy) is 1. The molecular formula is C14H20N2O3. The fourth-order valence-corrected chi connectivity index (χ4v) is 1.62. The van der Waals surface area contributed by atoms with E-state index in [9.17, 15) is 9.59 Å². The zero-order valence-corrected chi connectivity index (χ0v) is 11.3. The summed E-state index contributed by atoms with van der Waals surface area (Å²) in [6.07, 6.45) is 0.111. The van der Waals surface area contributed by atoms with Gasteiger partial charge in [-0.1, -0.05) is 50.6 Å². The van der Waals surface area contributed by atoms with Crippen LogP contribution in [0.15, 0.2) is 30.3 Å². The second-order valence-corrected chi connectivity index (χ2v) is 4.47. The highest BCUT2D eigenvalue weighted by molar-refractivity contribution is 5.84. The minimum Gasteiger partial charge on any atom is -0.445 e. The molecule has 0 radical (unpaired) electrons. The fraction of sp³-hybridized carbons (Fsp3) is 0.429. The lowest BCUT2D eigenvalue weighted by Crippen LogP contribution is -2.48. The molecule has 0 saturated heterocycles. The Morgan fingerprint density at radius 3 is 2.47 bits per heavy atom. The maximum atomic E-state index is 11.6. The number of nitrogens with two attached hydrogens (primary N) is 1. The van der Waals surface area contributed by atoms with Crippen molar-refractivity contribution in [3.8, 4) is 0 Å². The van der Waals surface area contributed by atoms with Crippen LogP contribution in [-0.2, 0) is 16.1 Å². The predicted octanol–water partition coefficient (Wildman–Crippen LogP) is 1.81. The number of carbonyl (C=O) groups is 2. The number of hydrogen-bond donors (Lipinski definition) is 2. The topological polar surface area (TPSA) is 81.4 Å². The van der Waals surface area contributed by atoms with Gasteiger partial charge in [-0.15, -0.1) is 0 Å². The van der Waals surface area contributed by atoms with Gasteiger partial charge in [-0.05, 0) is 11.5 Å². The van der Waals surface area contributed by atoms with Gasteiger partial charge < -0.3 is 15.8 Å². The van der Waals surface area contributed by atoms with Gasteiger partial charge in [0.2, 0.25) is 5.91 Å². The monoisotopic (exact) mass is 264 g/mol. The quantitative estimate of drug-likeness (QED) is 0.822. The van der Waals surface area contributed by atoms with Crippen LogP contribution in [0, 0.1) is 5.92 Å². The fourth-order valence-electron chi connectivity index (χ4n) is 1.62. The van der Waals surface area contributed by atoms with Crippen LogP contribution in [0.4, 0.5) is 4.79 Å². The summed E-state index contributed by atoms with van der Waals surface area (Å²) in [5, 5.41) is 2.50. The number of nitrogens with one attached hydrogen (secondary N) is 1. The lowest BCUT2D eigenvalue weighted by atomic mass is 9.99. The van der Waals surface area contributed by atoms with E-state index in [1.54, 1.807) is 0 Å². The molecule has 0 aliphatic rings. The van der Waals surface area contributed by atoms with Crippen LogP contribution in [0.3, 0.4) is 0 Å². The summed E-state index contributed by atoms with van der Waals surface area (Å²) in [5.41, 5.74) is 6.15. The van der Waals surface area contributed by atoms with Gasteiger partial charge in [-0.25, -0.2) is 4.79 Å². The number of primary amides is 1. The smallest absolute Gasteiger partial charge is 0.408 e. The van der Waals surface area contributed by atoms with E-state index >= 15 is 0 Å². The summed E-state index contributed by atoms with van der Waals surface area (Å²) in [5.74, 6) is -0.576. The highest BCUT2D eigenvalue weighted by atomic mass is 16.5. The number of carbonyl (C=O) groups excluding carboxylic acids is 2. The lowest BCUT2D eigenvalue weighted by Gasteiger charge is -2.20. The Morgan fingerprint density at radius 2 is 1.95 bits per heavy atom. The van der Waals surface area contributed by atoms with Crippen LogP contribution in [0.2, 0.25) is 0 Å². The molecule has 104 valence electrons. The molecule has 1 aromatic rings. The lowest BCUT2D eigenvalue weighted by molar-refractivity contribution is -0.121. The third-order valence-corrected chi connectivity index (χ3v) is 3.01. The molecule has 2 unspecified atom stereocenters. The van der Waals surface area contributed by atoms with Crippen LogP contribution in [0.5, 0.6) is 0 Å². The van der Waals surface area contributed by atoms with Crippen LogP contribution >= 0.6 is 0 Å². The Labute approximate surface area is 113 Å². The van der Waals surface area contributed by atoms with Gasteiger partial charge in [0.25, 0.3) is 0 Å². The van der Waals surface area contributed by atoms with Crippen molar-refractivity contribution in [1.29, 1.82) is 0 Å². The Balaban J connectivity index is 2.47. The maximum Gasteiger partial charge on any atom is 0.408 e. The summed E-state index contributed by atoms with van der Waals surface area (Å²) in [7, 11) is 0. The molecule has 5 nitrogen and oxygen atoms in total. The van der Waals surface area contributed by atoms with Gasteiger partial charge in [0, 0.05) is 0 Å². The summed E-state index contributed by atoms with van der Waals surface area (Å²) >= 11 is 0. The number of rotatable bonds is 6. The molecule has 0 fully saturated rings. The van der Waals surface area contributed by atoms with E-state index in [4.69, 9.17) is 10.5 Å². The summed E-state index contributed by atoms with van der Waals surface area (Å²) in [6.45, 7) is 3.95. The van der Waals surface area contributed by atoms with E-state index in [0.717, 1.165) is 12.0 Å². The predicted molar refractivity (Wildman–Crippen MR) is 72.2 cm³/mol. The van der Waals surface area contributed by atoms with Gasteiger partial charge in [0.1, 0.15) is 12.6 Å². The summed E-state index contributed by atoms with van der Waals surface area (Å²) in [6, 6.07) is 8.62.